The summed E-state index contributed by atoms with van der Waals surface area (Å²) in [6.45, 7) is 3.07. The second-order valence-electron chi connectivity index (χ2n) is 6.09. The Kier molecular flexibility index (Phi) is 4.85. The highest BCUT2D eigenvalue weighted by Crippen LogP contribution is 2.24. The van der Waals surface area contributed by atoms with E-state index < -0.39 is 12.0 Å². The Balaban J connectivity index is 1.79. The summed E-state index contributed by atoms with van der Waals surface area (Å²) in [5, 5.41) is 0. The number of nitrogens with two attached hydrogens (primary N) is 1. The molecule has 0 spiro atoms. The van der Waals surface area contributed by atoms with E-state index in [9.17, 15) is 9.59 Å². The number of benzene rings is 1. The Morgan fingerprint density at radius 1 is 1.36 bits per heavy atom. The van der Waals surface area contributed by atoms with Crippen molar-refractivity contribution < 1.29 is 14.3 Å². The number of imidazole rings is 1. The summed E-state index contributed by atoms with van der Waals surface area (Å²) in [6.07, 6.45) is 0.959. The van der Waals surface area contributed by atoms with Gasteiger partial charge in [0.25, 0.3) is 5.91 Å². The Labute approximate surface area is 146 Å². The fraction of sp³-hybridized carbons (Fsp3) is 0.389. The van der Waals surface area contributed by atoms with Gasteiger partial charge in [-0.1, -0.05) is 19.1 Å². The average Bonchev–Trinajstić information content (AvgIpc) is 3.06. The van der Waals surface area contributed by atoms with E-state index in [1.165, 1.54) is 0 Å². The number of fused-ring (bicyclic) bond motifs is 1. The van der Waals surface area contributed by atoms with Crippen LogP contribution in [0.4, 0.5) is 0 Å². The van der Waals surface area contributed by atoms with Crippen molar-refractivity contribution in [3.8, 4) is 11.4 Å². The van der Waals surface area contributed by atoms with Crippen LogP contribution in [0.25, 0.3) is 11.4 Å². The van der Waals surface area contributed by atoms with Gasteiger partial charge < -0.3 is 20.4 Å². The van der Waals surface area contributed by atoms with E-state index in [0.717, 1.165) is 22.8 Å². The lowest BCUT2D eigenvalue weighted by atomic mass is 10.1. The zero-order chi connectivity index (χ0) is 18.0. The topological polar surface area (TPSA) is 101 Å². The molecule has 1 aliphatic heterocycles. The lowest BCUT2D eigenvalue weighted by Crippen LogP contribution is -2.42. The molecule has 1 atom stereocenters. The molecule has 0 fully saturated rings. The number of primary amides is 1. The van der Waals surface area contributed by atoms with Gasteiger partial charge in [-0.3, -0.25) is 9.59 Å². The van der Waals surface area contributed by atoms with Crippen LogP contribution in [0.5, 0.6) is 0 Å². The molecule has 7 nitrogen and oxygen atoms in total. The molecule has 3 N–H and O–H groups in total. The molecule has 1 aliphatic rings. The lowest BCUT2D eigenvalue weighted by Gasteiger charge is -2.29. The monoisotopic (exact) mass is 342 g/mol. The number of amides is 2. The molecule has 7 heteroatoms. The third-order valence-corrected chi connectivity index (χ3v) is 4.52. The zero-order valence-corrected chi connectivity index (χ0v) is 14.4. The van der Waals surface area contributed by atoms with Crippen molar-refractivity contribution in [1.29, 1.82) is 0 Å². The van der Waals surface area contributed by atoms with Crippen LogP contribution in [0.1, 0.15) is 35.1 Å². The molecule has 1 aromatic heterocycles. The van der Waals surface area contributed by atoms with Gasteiger partial charge in [0.2, 0.25) is 5.91 Å². The quantitative estimate of drug-likeness (QED) is 0.859. The van der Waals surface area contributed by atoms with Crippen LogP contribution in [-0.2, 0) is 22.5 Å². The maximum absolute atomic E-state index is 12.5. The highest BCUT2D eigenvalue weighted by atomic mass is 16.5. The number of nitrogens with zero attached hydrogens (tertiary/aromatic N) is 2. The summed E-state index contributed by atoms with van der Waals surface area (Å²) >= 11 is 0. The molecule has 0 radical (unpaired) electrons. The number of nitrogens with one attached hydrogen (secondary N) is 1. The third-order valence-electron chi connectivity index (χ3n) is 4.52. The standard InChI is InChI=1S/C18H22N4O3/c1-3-15(25-2)18(24)22-9-8-13-14(10-22)21-17(20-13)12-6-4-11(5-7-12)16(19)23/h4-7,15H,3,8-10H2,1-2H3,(H2,19,23)(H,20,21)/t15-/m0/s1. The number of H-pyrrole nitrogens is 1. The molecule has 2 heterocycles. The van der Waals surface area contributed by atoms with Crippen LogP contribution in [0.3, 0.4) is 0 Å². The highest BCUT2D eigenvalue weighted by molar-refractivity contribution is 5.93. The molecule has 3 rings (SSSR count). The molecule has 0 unspecified atom stereocenters. The van der Waals surface area contributed by atoms with Gasteiger partial charge >= 0.3 is 0 Å². The van der Waals surface area contributed by atoms with Crippen molar-refractivity contribution in [2.45, 2.75) is 32.4 Å². The van der Waals surface area contributed by atoms with E-state index in [0.29, 0.717) is 31.5 Å². The number of rotatable bonds is 5. The minimum atomic E-state index is -0.455. The number of carbonyl (C=O) groups excluding carboxylic acids is 2. The predicted octanol–water partition coefficient (Wildman–Crippen LogP) is 1.49. The number of hydrogen-bond acceptors (Lipinski definition) is 4. The zero-order valence-electron chi connectivity index (χ0n) is 14.4. The van der Waals surface area contributed by atoms with E-state index in [-0.39, 0.29) is 5.91 Å². The van der Waals surface area contributed by atoms with Crippen molar-refractivity contribution in [1.82, 2.24) is 14.9 Å². The largest absolute Gasteiger partial charge is 0.372 e. The summed E-state index contributed by atoms with van der Waals surface area (Å²) < 4.78 is 5.25. The molecule has 132 valence electrons. The predicted molar refractivity (Wildman–Crippen MR) is 92.8 cm³/mol. The Hall–Kier alpha value is -2.67. The summed E-state index contributed by atoms with van der Waals surface area (Å²) in [4.78, 5) is 33.4. The number of hydrogen-bond donors (Lipinski definition) is 2. The van der Waals surface area contributed by atoms with E-state index in [4.69, 9.17) is 10.5 Å². The summed E-state index contributed by atoms with van der Waals surface area (Å²) in [5.41, 5.74) is 8.52. The van der Waals surface area contributed by atoms with Gasteiger partial charge in [-0.25, -0.2) is 4.98 Å². The molecule has 0 bridgehead atoms. The van der Waals surface area contributed by atoms with E-state index >= 15 is 0 Å². The fourth-order valence-electron chi connectivity index (χ4n) is 3.06. The number of carbonyl (C=O) groups is 2. The smallest absolute Gasteiger partial charge is 0.252 e. The molecule has 1 aromatic carbocycles. The summed E-state index contributed by atoms with van der Waals surface area (Å²) in [7, 11) is 1.56. The van der Waals surface area contributed by atoms with Crippen molar-refractivity contribution >= 4 is 11.8 Å². The second kappa shape index (κ2) is 7.06. The summed E-state index contributed by atoms with van der Waals surface area (Å²) in [5.74, 6) is 0.287. The number of ether oxygens (including phenoxy) is 1. The van der Waals surface area contributed by atoms with Crippen LogP contribution in [0.2, 0.25) is 0 Å². The SMILES string of the molecule is CC[C@H](OC)C(=O)N1CCc2nc(-c3ccc(C(N)=O)cc3)[nH]c2C1. The van der Waals surface area contributed by atoms with Gasteiger partial charge in [0, 0.05) is 31.2 Å². The molecule has 0 aliphatic carbocycles. The Morgan fingerprint density at radius 3 is 2.68 bits per heavy atom. The first-order chi connectivity index (χ1) is 12.0. The second-order valence-corrected chi connectivity index (χ2v) is 6.09. The van der Waals surface area contributed by atoms with Crippen molar-refractivity contribution in [3.63, 3.8) is 0 Å². The number of aromatic nitrogens is 2. The first-order valence-electron chi connectivity index (χ1n) is 8.33. The van der Waals surface area contributed by atoms with Crippen LogP contribution in [0, 0.1) is 0 Å². The Bertz CT molecular complexity index is 778. The summed E-state index contributed by atoms with van der Waals surface area (Å²) in [6, 6.07) is 6.98. The molecular weight excluding hydrogens is 320 g/mol. The molecule has 25 heavy (non-hydrogen) atoms. The van der Waals surface area contributed by atoms with E-state index in [1.54, 1.807) is 24.1 Å². The molecule has 2 aromatic rings. The van der Waals surface area contributed by atoms with Crippen LogP contribution in [-0.4, -0.2) is 46.4 Å². The van der Waals surface area contributed by atoms with Gasteiger partial charge in [-0.05, 0) is 18.6 Å². The minimum absolute atomic E-state index is 0.0117. The Morgan fingerprint density at radius 2 is 2.08 bits per heavy atom. The normalized spacial score (nSPS) is 14.9. The molecule has 0 saturated heterocycles. The lowest BCUT2D eigenvalue weighted by molar-refractivity contribution is -0.143. The first-order valence-corrected chi connectivity index (χ1v) is 8.33. The average molecular weight is 342 g/mol. The van der Waals surface area contributed by atoms with Crippen LogP contribution in [0.15, 0.2) is 24.3 Å². The first kappa shape index (κ1) is 17.2. The van der Waals surface area contributed by atoms with Crippen LogP contribution >= 0.6 is 0 Å². The van der Waals surface area contributed by atoms with E-state index in [1.807, 2.05) is 19.1 Å². The fourth-order valence-corrected chi connectivity index (χ4v) is 3.06. The van der Waals surface area contributed by atoms with Gasteiger partial charge in [0.15, 0.2) is 0 Å². The number of methoxy groups -OCH3 is 1. The van der Waals surface area contributed by atoms with Crippen molar-refractivity contribution in [3.05, 3.63) is 41.2 Å². The van der Waals surface area contributed by atoms with Crippen molar-refractivity contribution in [2.75, 3.05) is 13.7 Å². The maximum Gasteiger partial charge on any atom is 0.252 e. The highest BCUT2D eigenvalue weighted by Gasteiger charge is 2.28. The molecular formula is C18H22N4O3. The number of aromatic amines is 1. The molecule has 0 saturated carbocycles. The minimum Gasteiger partial charge on any atom is -0.372 e. The van der Waals surface area contributed by atoms with Crippen LogP contribution < -0.4 is 5.73 Å². The molecule has 2 amide bonds. The maximum atomic E-state index is 12.5. The van der Waals surface area contributed by atoms with Crippen molar-refractivity contribution in [2.24, 2.45) is 5.73 Å². The van der Waals surface area contributed by atoms with Gasteiger partial charge in [-0.2, -0.15) is 0 Å². The van der Waals surface area contributed by atoms with Gasteiger partial charge in [0.05, 0.1) is 17.9 Å². The third kappa shape index (κ3) is 3.41. The van der Waals surface area contributed by atoms with Gasteiger partial charge in [-0.15, -0.1) is 0 Å². The van der Waals surface area contributed by atoms with E-state index in [2.05, 4.69) is 9.97 Å². The van der Waals surface area contributed by atoms with Gasteiger partial charge in [0.1, 0.15) is 11.9 Å².